The molecule has 1 atom stereocenters. The molecule has 22 heavy (non-hydrogen) atoms. The molecule has 0 bridgehead atoms. The number of carbonyl (C=O) groups excluding carboxylic acids is 2. The number of ketones is 1. The van der Waals surface area contributed by atoms with E-state index in [9.17, 15) is 14.4 Å². The number of hydrogen-bond donors (Lipinski definition) is 1. The highest BCUT2D eigenvalue weighted by atomic mass is 32.1. The van der Waals surface area contributed by atoms with Gasteiger partial charge in [0.1, 0.15) is 5.56 Å². The second-order valence-electron chi connectivity index (χ2n) is 5.37. The van der Waals surface area contributed by atoms with Crippen LogP contribution in [0.5, 0.6) is 0 Å². The Morgan fingerprint density at radius 2 is 2.09 bits per heavy atom. The van der Waals surface area contributed by atoms with Gasteiger partial charge in [-0.2, -0.15) is 0 Å². The lowest BCUT2D eigenvalue weighted by atomic mass is 9.84. The lowest BCUT2D eigenvalue weighted by Gasteiger charge is -2.22. The van der Waals surface area contributed by atoms with Crippen molar-refractivity contribution >= 4 is 23.1 Å². The van der Waals surface area contributed by atoms with E-state index in [1.54, 1.807) is 11.3 Å². The van der Waals surface area contributed by atoms with Gasteiger partial charge in [0.25, 0.3) is 5.56 Å². The van der Waals surface area contributed by atoms with Crippen molar-refractivity contribution in [1.82, 2.24) is 4.98 Å². The number of aryl methyl sites for hydroxylation is 1. The van der Waals surface area contributed by atoms with Gasteiger partial charge in [-0.3, -0.25) is 9.59 Å². The molecule has 6 heteroatoms. The quantitative estimate of drug-likeness (QED) is 0.863. The van der Waals surface area contributed by atoms with Crippen LogP contribution in [0.3, 0.4) is 0 Å². The Bertz CT molecular complexity index is 818. The SMILES string of the molecule is COC(=O)c1cc2c([nH]c1=O)C[C@@H](c1ccc(C)s1)CC2=O. The molecule has 2 aromatic rings. The Kier molecular flexibility index (Phi) is 3.70. The van der Waals surface area contributed by atoms with Crippen molar-refractivity contribution < 1.29 is 14.3 Å². The molecular weight excluding hydrogens is 302 g/mol. The molecule has 0 radical (unpaired) electrons. The molecule has 1 aliphatic carbocycles. The Morgan fingerprint density at radius 3 is 2.73 bits per heavy atom. The van der Waals surface area contributed by atoms with E-state index in [-0.39, 0.29) is 17.3 Å². The second kappa shape index (κ2) is 5.53. The second-order valence-corrected chi connectivity index (χ2v) is 6.69. The third-order valence-corrected chi connectivity index (χ3v) is 5.04. The minimum absolute atomic E-state index is 0.0568. The van der Waals surface area contributed by atoms with Crippen LogP contribution in [0.4, 0.5) is 0 Å². The standard InChI is InChI=1S/C16H15NO4S/c1-8-3-4-14(22-8)9-5-12-10(13(18)6-9)7-11(15(19)17-12)16(20)21-2/h3-4,7,9H,5-6H2,1-2H3,(H,17,19)/t9-/m1/s1. The molecule has 1 aliphatic rings. The maximum absolute atomic E-state index is 12.4. The molecule has 0 spiro atoms. The first-order valence-electron chi connectivity index (χ1n) is 6.93. The van der Waals surface area contributed by atoms with Gasteiger partial charge in [-0.1, -0.05) is 0 Å². The molecule has 1 N–H and O–H groups in total. The zero-order chi connectivity index (χ0) is 15.9. The first kappa shape index (κ1) is 14.7. The normalized spacial score (nSPS) is 17.2. The summed E-state index contributed by atoms with van der Waals surface area (Å²) >= 11 is 1.67. The number of pyridine rings is 1. The lowest BCUT2D eigenvalue weighted by Crippen LogP contribution is -2.27. The molecule has 0 saturated heterocycles. The molecular formula is C16H15NO4S. The van der Waals surface area contributed by atoms with Crippen LogP contribution in [0.2, 0.25) is 0 Å². The van der Waals surface area contributed by atoms with Gasteiger partial charge in [-0.15, -0.1) is 11.3 Å². The number of carbonyl (C=O) groups is 2. The molecule has 2 aromatic heterocycles. The molecule has 114 valence electrons. The van der Waals surface area contributed by atoms with E-state index >= 15 is 0 Å². The summed E-state index contributed by atoms with van der Waals surface area (Å²) in [5.74, 6) is -0.704. The molecule has 0 amide bonds. The predicted octanol–water partition coefficient (Wildman–Crippen LogP) is 2.44. The van der Waals surface area contributed by atoms with Gasteiger partial charge in [0.05, 0.1) is 7.11 Å². The number of ether oxygens (including phenoxy) is 1. The van der Waals surface area contributed by atoms with Crippen LogP contribution in [0, 0.1) is 6.92 Å². The number of Topliss-reactive ketones (excluding diaryl/α,β-unsaturated/α-hetero) is 1. The van der Waals surface area contributed by atoms with Gasteiger partial charge in [0.2, 0.25) is 0 Å². The van der Waals surface area contributed by atoms with Crippen LogP contribution in [0.15, 0.2) is 23.0 Å². The van der Waals surface area contributed by atoms with Crippen molar-refractivity contribution in [2.45, 2.75) is 25.7 Å². The minimum atomic E-state index is -0.729. The lowest BCUT2D eigenvalue weighted by molar-refractivity contribution is 0.0598. The van der Waals surface area contributed by atoms with Gasteiger partial charge in [-0.25, -0.2) is 4.79 Å². The fourth-order valence-electron chi connectivity index (χ4n) is 2.77. The molecule has 0 aliphatic heterocycles. The first-order valence-corrected chi connectivity index (χ1v) is 7.75. The largest absolute Gasteiger partial charge is 0.465 e. The Morgan fingerprint density at radius 1 is 1.32 bits per heavy atom. The fourth-order valence-corrected chi connectivity index (χ4v) is 3.74. The van der Waals surface area contributed by atoms with Crippen LogP contribution in [0.1, 0.15) is 48.5 Å². The third kappa shape index (κ3) is 2.50. The van der Waals surface area contributed by atoms with E-state index in [4.69, 9.17) is 0 Å². The number of nitrogens with one attached hydrogen (secondary N) is 1. The number of methoxy groups -OCH3 is 1. The number of aromatic nitrogens is 1. The van der Waals surface area contributed by atoms with Crippen molar-refractivity contribution in [3.63, 3.8) is 0 Å². The zero-order valence-corrected chi connectivity index (χ0v) is 13.1. The number of aromatic amines is 1. The average molecular weight is 317 g/mol. The predicted molar refractivity (Wildman–Crippen MR) is 82.9 cm³/mol. The number of esters is 1. The zero-order valence-electron chi connectivity index (χ0n) is 12.3. The molecule has 5 nitrogen and oxygen atoms in total. The van der Waals surface area contributed by atoms with Crippen molar-refractivity contribution in [3.05, 3.63) is 55.1 Å². The summed E-state index contributed by atoms with van der Waals surface area (Å²) in [7, 11) is 1.21. The Labute approximate surface area is 130 Å². The Balaban J connectivity index is 2.01. The molecule has 0 fully saturated rings. The van der Waals surface area contributed by atoms with E-state index in [0.717, 1.165) is 4.88 Å². The number of hydrogen-bond acceptors (Lipinski definition) is 5. The first-order chi connectivity index (χ1) is 10.5. The van der Waals surface area contributed by atoms with Gasteiger partial charge >= 0.3 is 5.97 Å². The van der Waals surface area contributed by atoms with Crippen molar-refractivity contribution in [2.75, 3.05) is 7.11 Å². The molecule has 3 rings (SSSR count). The minimum Gasteiger partial charge on any atom is -0.465 e. The van der Waals surface area contributed by atoms with E-state index < -0.39 is 11.5 Å². The summed E-state index contributed by atoms with van der Waals surface area (Å²) in [6.07, 6.45) is 0.983. The summed E-state index contributed by atoms with van der Waals surface area (Å²) in [5.41, 5.74) is 0.385. The van der Waals surface area contributed by atoms with Gasteiger partial charge < -0.3 is 9.72 Å². The van der Waals surface area contributed by atoms with E-state index in [2.05, 4.69) is 9.72 Å². The highest BCUT2D eigenvalue weighted by Crippen LogP contribution is 2.35. The number of fused-ring (bicyclic) bond motifs is 1. The van der Waals surface area contributed by atoms with E-state index in [1.165, 1.54) is 18.1 Å². The number of H-pyrrole nitrogens is 1. The fraction of sp³-hybridized carbons (Fsp3) is 0.312. The van der Waals surface area contributed by atoms with E-state index in [1.807, 2.05) is 19.1 Å². The van der Waals surface area contributed by atoms with Gasteiger partial charge in [0.15, 0.2) is 5.78 Å². The summed E-state index contributed by atoms with van der Waals surface area (Å²) in [6.45, 7) is 2.03. The summed E-state index contributed by atoms with van der Waals surface area (Å²) in [5, 5.41) is 0. The highest BCUT2D eigenvalue weighted by molar-refractivity contribution is 7.12. The Hall–Kier alpha value is -2.21. The van der Waals surface area contributed by atoms with Crippen LogP contribution in [-0.2, 0) is 11.2 Å². The summed E-state index contributed by atoms with van der Waals surface area (Å²) in [4.78, 5) is 40.9. The number of rotatable bonds is 2. The highest BCUT2D eigenvalue weighted by Gasteiger charge is 2.29. The topological polar surface area (TPSA) is 76.2 Å². The molecule has 0 unspecified atom stereocenters. The summed E-state index contributed by atoms with van der Waals surface area (Å²) in [6, 6.07) is 5.42. The van der Waals surface area contributed by atoms with Crippen molar-refractivity contribution in [2.24, 2.45) is 0 Å². The van der Waals surface area contributed by atoms with Crippen LogP contribution >= 0.6 is 11.3 Å². The van der Waals surface area contributed by atoms with Crippen LogP contribution < -0.4 is 5.56 Å². The number of thiophene rings is 1. The molecule has 0 aromatic carbocycles. The smallest absolute Gasteiger partial charge is 0.343 e. The third-order valence-electron chi connectivity index (χ3n) is 3.87. The molecule has 0 saturated carbocycles. The van der Waals surface area contributed by atoms with Gasteiger partial charge in [0, 0.05) is 33.4 Å². The monoisotopic (exact) mass is 317 g/mol. The van der Waals surface area contributed by atoms with Crippen molar-refractivity contribution in [1.29, 1.82) is 0 Å². The maximum Gasteiger partial charge on any atom is 0.343 e. The maximum atomic E-state index is 12.4. The van der Waals surface area contributed by atoms with Crippen LogP contribution in [-0.4, -0.2) is 23.8 Å². The van der Waals surface area contributed by atoms with Gasteiger partial charge in [-0.05, 0) is 31.5 Å². The van der Waals surface area contributed by atoms with Crippen LogP contribution in [0.25, 0.3) is 0 Å². The van der Waals surface area contributed by atoms with E-state index in [0.29, 0.717) is 24.1 Å². The van der Waals surface area contributed by atoms with Crippen molar-refractivity contribution in [3.8, 4) is 0 Å². The average Bonchev–Trinajstić information content (AvgIpc) is 2.92. The summed E-state index contributed by atoms with van der Waals surface area (Å²) < 4.78 is 4.57. The molecule has 2 heterocycles.